The zero-order valence-electron chi connectivity index (χ0n) is 36.1. The predicted molar refractivity (Wildman–Crippen MR) is 226 cm³/mol. The summed E-state index contributed by atoms with van der Waals surface area (Å²) in [5.74, 6) is -6.02. The van der Waals surface area contributed by atoms with E-state index in [1.165, 1.54) is 51.9 Å². The Kier molecular flexibility index (Phi) is 33.0. The van der Waals surface area contributed by atoms with Gasteiger partial charge in [-0.05, 0) is 51.9 Å². The number of unbranched alkanes of at least 4 members (excludes halogenated alkanes) is 14. The fourth-order valence-corrected chi connectivity index (χ4v) is 6.16. The summed E-state index contributed by atoms with van der Waals surface area (Å²) in [5, 5.41) is 42.4. The predicted octanol–water partition coefficient (Wildman–Crippen LogP) is 0.756. The van der Waals surface area contributed by atoms with Crippen molar-refractivity contribution >= 4 is 53.3 Å². The van der Waals surface area contributed by atoms with Gasteiger partial charge in [-0.1, -0.05) is 77.0 Å². The summed E-state index contributed by atoms with van der Waals surface area (Å²) >= 11 is 0. The van der Waals surface area contributed by atoms with E-state index in [4.69, 9.17) is 16.6 Å². The average Bonchev–Trinajstić information content (AvgIpc) is 3.20. The summed E-state index contributed by atoms with van der Waals surface area (Å²) in [5.41, 5.74) is 10.9. The highest BCUT2D eigenvalue weighted by atomic mass is 16.4. The molecule has 0 aromatic heterocycles. The maximum Gasteiger partial charge on any atom is 0.326 e. The van der Waals surface area contributed by atoms with Gasteiger partial charge < -0.3 is 58.7 Å². The molecule has 0 fully saturated rings. The molecule has 0 spiro atoms. The second-order valence-corrected chi connectivity index (χ2v) is 15.4. The van der Waals surface area contributed by atoms with E-state index in [1.54, 1.807) is 0 Å². The monoisotopic (exact) mass is 871 g/mol. The lowest BCUT2D eigenvalue weighted by atomic mass is 10.0. The van der Waals surface area contributed by atoms with E-state index in [-0.39, 0.29) is 57.6 Å². The molecule has 0 aromatic rings. The molecule has 0 saturated heterocycles. The highest BCUT2D eigenvalue weighted by Crippen LogP contribution is 2.14. The number of carboxylic acid groups (broad SMARTS) is 2. The van der Waals surface area contributed by atoms with Gasteiger partial charge in [-0.3, -0.25) is 38.4 Å². The van der Waals surface area contributed by atoms with Crippen LogP contribution >= 0.6 is 0 Å². The van der Waals surface area contributed by atoms with Crippen molar-refractivity contribution in [2.45, 2.75) is 179 Å². The minimum absolute atomic E-state index is 0.0168. The van der Waals surface area contributed by atoms with Gasteiger partial charge in [0.05, 0.1) is 25.2 Å². The van der Waals surface area contributed by atoms with Crippen molar-refractivity contribution in [1.29, 1.82) is 0 Å². The molecule has 0 aromatic carbocycles. The Morgan fingerprint density at radius 2 is 0.934 bits per heavy atom. The van der Waals surface area contributed by atoms with Crippen LogP contribution in [0.2, 0.25) is 0 Å². The number of amides is 7. The van der Waals surface area contributed by atoms with Crippen molar-refractivity contribution in [3.05, 3.63) is 0 Å². The Morgan fingerprint density at radius 1 is 0.492 bits per heavy atom. The van der Waals surface area contributed by atoms with Gasteiger partial charge in [0.25, 0.3) is 0 Å². The van der Waals surface area contributed by atoms with E-state index in [9.17, 15) is 53.4 Å². The van der Waals surface area contributed by atoms with Crippen LogP contribution in [0, 0.1) is 0 Å². The standard InChI is InChI=1S/C41H74N8O12/c1-29(50)38(39(43)58)49-40(59)30(42)19-16-17-25-45-35(54)27-47-36(55)28-46-33(52)24-23-31(41(60)61)48-34(53)21-18-26-44-32(51)20-14-12-10-8-6-4-2-3-5-7-9-11-13-15-22-37(56)57/h29-31,38,50H,2-28,42H2,1H3,(H2,43,58)(H,44,51)(H,45,54)(H,46,52)(H,47,55)(H,48,53)(H,49,59)(H,56,57)(H,60,61)/t29?,30-,31?,38?/m0/s1. The first-order valence-electron chi connectivity index (χ1n) is 21.9. The number of carbonyl (C=O) groups excluding carboxylic acids is 7. The van der Waals surface area contributed by atoms with Gasteiger partial charge in [0.15, 0.2) is 0 Å². The molecule has 61 heavy (non-hydrogen) atoms. The highest BCUT2D eigenvalue weighted by molar-refractivity contribution is 5.90. The lowest BCUT2D eigenvalue weighted by Crippen LogP contribution is -2.54. The molecule has 350 valence electrons. The maximum atomic E-state index is 12.3. The van der Waals surface area contributed by atoms with Crippen LogP contribution in [0.4, 0.5) is 0 Å². The average molecular weight is 871 g/mol. The molecule has 0 aliphatic heterocycles. The van der Waals surface area contributed by atoms with Crippen molar-refractivity contribution < 1.29 is 58.5 Å². The summed E-state index contributed by atoms with van der Waals surface area (Å²) in [6.07, 6.45) is 15.7. The Morgan fingerprint density at radius 3 is 1.44 bits per heavy atom. The van der Waals surface area contributed by atoms with Gasteiger partial charge in [0, 0.05) is 38.8 Å². The SMILES string of the molecule is CC(O)C(NC(=O)[C@@H](N)CCCCNC(=O)CNC(=O)CNC(=O)CCC(NC(=O)CCCNC(=O)CCCCCCCCCCCCCCCCC(=O)O)C(=O)O)C(N)=O. The van der Waals surface area contributed by atoms with E-state index in [1.807, 2.05) is 0 Å². The van der Waals surface area contributed by atoms with Gasteiger partial charge in [-0.15, -0.1) is 0 Å². The number of hydrogen-bond acceptors (Lipinski definition) is 11. The number of aliphatic hydroxyl groups excluding tert-OH is 1. The molecule has 0 aliphatic carbocycles. The molecule has 20 heteroatoms. The maximum absolute atomic E-state index is 12.3. The van der Waals surface area contributed by atoms with E-state index < -0.39 is 78.2 Å². The van der Waals surface area contributed by atoms with Crippen molar-refractivity contribution in [2.75, 3.05) is 26.2 Å². The first-order valence-corrected chi connectivity index (χ1v) is 21.9. The lowest BCUT2D eigenvalue weighted by Gasteiger charge is -2.20. The molecule has 0 aliphatic rings. The molecule has 20 nitrogen and oxygen atoms in total. The minimum Gasteiger partial charge on any atom is -0.481 e. The Labute approximate surface area is 359 Å². The number of aliphatic carboxylic acids is 2. The third-order valence-corrected chi connectivity index (χ3v) is 9.82. The number of carboxylic acids is 2. The van der Waals surface area contributed by atoms with Crippen molar-refractivity contribution in [3.8, 4) is 0 Å². The molecular formula is C41H74N8O12. The van der Waals surface area contributed by atoms with Crippen LogP contribution in [0.1, 0.15) is 155 Å². The van der Waals surface area contributed by atoms with E-state index in [0.717, 1.165) is 44.9 Å². The summed E-state index contributed by atoms with van der Waals surface area (Å²) < 4.78 is 0. The Balaban J connectivity index is 3.95. The first kappa shape index (κ1) is 56.1. The number of aliphatic hydroxyl groups is 1. The zero-order valence-corrected chi connectivity index (χ0v) is 36.1. The van der Waals surface area contributed by atoms with Crippen molar-refractivity contribution in [2.24, 2.45) is 11.5 Å². The number of nitrogens with two attached hydrogens (primary N) is 2. The second-order valence-electron chi connectivity index (χ2n) is 15.4. The van der Waals surface area contributed by atoms with Crippen LogP contribution in [0.3, 0.4) is 0 Å². The molecule has 4 atom stereocenters. The quantitative estimate of drug-likeness (QED) is 0.0381. The van der Waals surface area contributed by atoms with Crippen molar-refractivity contribution in [1.82, 2.24) is 31.9 Å². The zero-order chi connectivity index (χ0) is 45.8. The fourth-order valence-electron chi connectivity index (χ4n) is 6.16. The van der Waals surface area contributed by atoms with E-state index >= 15 is 0 Å². The van der Waals surface area contributed by atoms with Gasteiger partial charge in [0.1, 0.15) is 12.1 Å². The summed E-state index contributed by atoms with van der Waals surface area (Å²) in [6, 6.07) is -3.56. The van der Waals surface area contributed by atoms with Crippen LogP contribution in [0.15, 0.2) is 0 Å². The van der Waals surface area contributed by atoms with Gasteiger partial charge in [-0.25, -0.2) is 4.79 Å². The Bertz CT molecular complexity index is 1350. The molecule has 0 radical (unpaired) electrons. The molecule has 3 unspecified atom stereocenters. The number of nitrogens with one attached hydrogen (secondary N) is 6. The largest absolute Gasteiger partial charge is 0.481 e. The molecule has 0 heterocycles. The fraction of sp³-hybridized carbons (Fsp3) is 0.780. The summed E-state index contributed by atoms with van der Waals surface area (Å²) in [4.78, 5) is 106. The van der Waals surface area contributed by atoms with Crippen molar-refractivity contribution in [3.63, 3.8) is 0 Å². The molecule has 7 amide bonds. The first-order chi connectivity index (χ1) is 29.0. The minimum atomic E-state index is -1.33. The smallest absolute Gasteiger partial charge is 0.326 e. The van der Waals surface area contributed by atoms with Crippen LogP contribution in [-0.2, 0) is 43.2 Å². The van der Waals surface area contributed by atoms with E-state index in [0.29, 0.717) is 25.7 Å². The number of hydrogen-bond donors (Lipinski definition) is 11. The third-order valence-electron chi connectivity index (χ3n) is 9.82. The second kappa shape index (κ2) is 35.9. The highest BCUT2D eigenvalue weighted by Gasteiger charge is 2.26. The van der Waals surface area contributed by atoms with E-state index in [2.05, 4.69) is 31.9 Å². The number of carbonyl (C=O) groups is 9. The molecule has 0 bridgehead atoms. The molecular weight excluding hydrogens is 796 g/mol. The molecule has 13 N–H and O–H groups in total. The number of rotatable bonds is 39. The Hall–Kier alpha value is -4.85. The summed E-state index contributed by atoms with van der Waals surface area (Å²) in [7, 11) is 0. The molecule has 0 saturated carbocycles. The van der Waals surface area contributed by atoms with Crippen LogP contribution < -0.4 is 43.4 Å². The lowest BCUT2D eigenvalue weighted by molar-refractivity contribution is -0.142. The van der Waals surface area contributed by atoms with Gasteiger partial charge >= 0.3 is 11.9 Å². The number of primary amides is 1. The topological polar surface area (TPSA) is 339 Å². The van der Waals surface area contributed by atoms with Crippen LogP contribution in [0.25, 0.3) is 0 Å². The third kappa shape index (κ3) is 33.5. The summed E-state index contributed by atoms with van der Waals surface area (Å²) in [6.45, 7) is 0.967. The molecule has 0 rings (SSSR count). The van der Waals surface area contributed by atoms with Gasteiger partial charge in [0.2, 0.25) is 41.4 Å². The normalized spacial score (nSPS) is 12.8. The van der Waals surface area contributed by atoms with Gasteiger partial charge in [-0.2, -0.15) is 0 Å². The van der Waals surface area contributed by atoms with Crippen LogP contribution in [-0.4, -0.2) is 119 Å². The van der Waals surface area contributed by atoms with Crippen LogP contribution in [0.5, 0.6) is 0 Å².